The molecule has 2 rings (SSSR count). The summed E-state index contributed by atoms with van der Waals surface area (Å²) in [7, 11) is 0. The van der Waals surface area contributed by atoms with Crippen molar-refractivity contribution in [2.75, 3.05) is 0 Å². The van der Waals surface area contributed by atoms with Gasteiger partial charge in [0.15, 0.2) is 0 Å². The van der Waals surface area contributed by atoms with E-state index in [0.29, 0.717) is 5.56 Å². The Balaban J connectivity index is 2.40. The van der Waals surface area contributed by atoms with Crippen LogP contribution >= 0.6 is 22.9 Å². The first-order chi connectivity index (χ1) is 8.79. The zero-order chi connectivity index (χ0) is 14.2. The smallest absolute Gasteiger partial charge is 0.324 e. The van der Waals surface area contributed by atoms with Gasteiger partial charge in [-0.05, 0) is 31.2 Å². The molecular formula is C13H11ClF3NS. The number of halogens is 4. The van der Waals surface area contributed by atoms with E-state index in [9.17, 15) is 13.2 Å². The average Bonchev–Trinajstić information content (AvgIpc) is 2.76. The summed E-state index contributed by atoms with van der Waals surface area (Å²) in [5, 5.41) is 0.0906. The normalized spacial score (nSPS) is 13.6. The number of nitrogens with two attached hydrogens (primary N) is 1. The van der Waals surface area contributed by atoms with Crippen molar-refractivity contribution in [3.05, 3.63) is 45.8 Å². The number of hydrogen-bond donors (Lipinski definition) is 1. The van der Waals surface area contributed by atoms with Crippen LogP contribution in [0.3, 0.4) is 0 Å². The van der Waals surface area contributed by atoms with Crippen molar-refractivity contribution < 1.29 is 13.2 Å². The van der Waals surface area contributed by atoms with E-state index in [2.05, 4.69) is 0 Å². The number of rotatable bonds is 2. The molecule has 2 N–H and O–H groups in total. The van der Waals surface area contributed by atoms with E-state index < -0.39 is 11.7 Å². The summed E-state index contributed by atoms with van der Waals surface area (Å²) in [5.74, 6) is 0. The Bertz CT molecular complexity index is 590. The SMILES string of the molecule is CC(N)c1ccc(-c2ccc(C(F)(F)F)cc2Cl)s1. The van der Waals surface area contributed by atoms with Crippen LogP contribution in [0.1, 0.15) is 23.4 Å². The van der Waals surface area contributed by atoms with Gasteiger partial charge in [0.05, 0.1) is 5.56 Å². The lowest BCUT2D eigenvalue weighted by molar-refractivity contribution is -0.137. The highest BCUT2D eigenvalue weighted by Gasteiger charge is 2.31. The maximum absolute atomic E-state index is 12.5. The molecule has 0 bridgehead atoms. The third-order valence-electron chi connectivity index (χ3n) is 2.64. The Morgan fingerprint density at radius 3 is 2.37 bits per heavy atom. The minimum atomic E-state index is -4.38. The maximum Gasteiger partial charge on any atom is 0.416 e. The molecule has 1 aromatic heterocycles. The van der Waals surface area contributed by atoms with Gasteiger partial charge in [-0.15, -0.1) is 11.3 Å². The molecule has 0 radical (unpaired) electrons. The zero-order valence-electron chi connectivity index (χ0n) is 9.96. The predicted octanol–water partition coefficient (Wildman–Crippen LogP) is 5.11. The molecule has 2 aromatic rings. The van der Waals surface area contributed by atoms with E-state index in [4.69, 9.17) is 17.3 Å². The van der Waals surface area contributed by atoms with Crippen LogP contribution in [0.5, 0.6) is 0 Å². The first-order valence-corrected chi connectivity index (χ1v) is 6.71. The fourth-order valence-electron chi connectivity index (χ4n) is 1.63. The molecule has 0 aliphatic heterocycles. The topological polar surface area (TPSA) is 26.0 Å². The molecule has 0 fully saturated rings. The lowest BCUT2D eigenvalue weighted by atomic mass is 10.1. The number of hydrogen-bond acceptors (Lipinski definition) is 2. The van der Waals surface area contributed by atoms with Crippen LogP contribution < -0.4 is 5.73 Å². The van der Waals surface area contributed by atoms with E-state index in [-0.39, 0.29) is 11.1 Å². The van der Waals surface area contributed by atoms with Gasteiger partial charge in [0.25, 0.3) is 0 Å². The number of thiophene rings is 1. The van der Waals surface area contributed by atoms with Gasteiger partial charge in [-0.25, -0.2) is 0 Å². The van der Waals surface area contributed by atoms with Crippen molar-refractivity contribution in [1.29, 1.82) is 0 Å². The molecular weight excluding hydrogens is 295 g/mol. The summed E-state index contributed by atoms with van der Waals surface area (Å²) < 4.78 is 37.6. The van der Waals surface area contributed by atoms with Gasteiger partial charge < -0.3 is 5.73 Å². The monoisotopic (exact) mass is 305 g/mol. The summed E-state index contributed by atoms with van der Waals surface area (Å²) >= 11 is 7.37. The summed E-state index contributed by atoms with van der Waals surface area (Å²) in [4.78, 5) is 1.77. The Kier molecular flexibility index (Phi) is 3.90. The van der Waals surface area contributed by atoms with Crippen molar-refractivity contribution in [1.82, 2.24) is 0 Å². The third-order valence-corrected chi connectivity index (χ3v) is 4.27. The zero-order valence-corrected chi connectivity index (χ0v) is 11.5. The molecule has 0 amide bonds. The van der Waals surface area contributed by atoms with Gasteiger partial charge in [0, 0.05) is 26.4 Å². The van der Waals surface area contributed by atoms with E-state index in [1.807, 2.05) is 19.1 Å². The van der Waals surface area contributed by atoms with Crippen LogP contribution in [0.4, 0.5) is 13.2 Å². The van der Waals surface area contributed by atoms with Crippen molar-refractivity contribution in [2.45, 2.75) is 19.1 Å². The quantitative estimate of drug-likeness (QED) is 0.820. The second kappa shape index (κ2) is 5.15. The summed E-state index contributed by atoms with van der Waals surface area (Å²) in [6.07, 6.45) is -4.38. The number of alkyl halides is 3. The first-order valence-electron chi connectivity index (χ1n) is 5.51. The van der Waals surface area contributed by atoms with Crippen molar-refractivity contribution in [2.24, 2.45) is 5.73 Å². The summed E-state index contributed by atoms with van der Waals surface area (Å²) in [6.45, 7) is 1.85. The Morgan fingerprint density at radius 1 is 1.21 bits per heavy atom. The second-order valence-electron chi connectivity index (χ2n) is 4.18. The molecule has 0 saturated heterocycles. The van der Waals surface area contributed by atoms with Crippen LogP contribution in [0.2, 0.25) is 5.02 Å². The summed E-state index contributed by atoms with van der Waals surface area (Å²) in [6, 6.07) is 6.94. The Hall–Kier alpha value is -1.04. The first kappa shape index (κ1) is 14.4. The highest BCUT2D eigenvalue weighted by Crippen LogP contribution is 2.38. The minimum Gasteiger partial charge on any atom is -0.324 e. The highest BCUT2D eigenvalue weighted by molar-refractivity contribution is 7.15. The molecule has 1 nitrogen and oxygen atoms in total. The van der Waals surface area contributed by atoms with Gasteiger partial charge in [-0.1, -0.05) is 17.7 Å². The fourth-order valence-corrected chi connectivity index (χ4v) is 2.97. The lowest BCUT2D eigenvalue weighted by Gasteiger charge is -2.09. The molecule has 1 heterocycles. The van der Waals surface area contributed by atoms with E-state index in [1.165, 1.54) is 17.4 Å². The maximum atomic E-state index is 12.5. The average molecular weight is 306 g/mol. The molecule has 0 aliphatic carbocycles. The van der Waals surface area contributed by atoms with E-state index in [1.54, 1.807) is 0 Å². The van der Waals surface area contributed by atoms with Crippen LogP contribution in [0.25, 0.3) is 10.4 Å². The summed E-state index contributed by atoms with van der Waals surface area (Å²) in [5.41, 5.74) is 5.60. The Morgan fingerprint density at radius 2 is 1.89 bits per heavy atom. The standard InChI is InChI=1S/C13H11ClF3NS/c1-7(18)11-4-5-12(19-11)9-3-2-8(6-10(9)14)13(15,16)17/h2-7H,18H2,1H3. The van der Waals surface area contributed by atoms with Crippen LogP contribution in [0, 0.1) is 0 Å². The van der Waals surface area contributed by atoms with E-state index >= 15 is 0 Å². The highest BCUT2D eigenvalue weighted by atomic mass is 35.5. The van der Waals surface area contributed by atoms with Crippen LogP contribution in [-0.4, -0.2) is 0 Å². The van der Waals surface area contributed by atoms with Gasteiger partial charge in [0.2, 0.25) is 0 Å². The van der Waals surface area contributed by atoms with Gasteiger partial charge in [-0.2, -0.15) is 13.2 Å². The largest absolute Gasteiger partial charge is 0.416 e. The van der Waals surface area contributed by atoms with Crippen molar-refractivity contribution in [3.8, 4) is 10.4 Å². The predicted molar refractivity (Wildman–Crippen MR) is 72.4 cm³/mol. The second-order valence-corrected chi connectivity index (χ2v) is 5.71. The molecule has 0 saturated carbocycles. The van der Waals surface area contributed by atoms with Crippen LogP contribution in [0.15, 0.2) is 30.3 Å². The molecule has 19 heavy (non-hydrogen) atoms. The van der Waals surface area contributed by atoms with Gasteiger partial charge in [0.1, 0.15) is 0 Å². The molecule has 6 heteroatoms. The fraction of sp³-hybridized carbons (Fsp3) is 0.231. The van der Waals surface area contributed by atoms with Crippen molar-refractivity contribution >= 4 is 22.9 Å². The minimum absolute atomic E-state index is 0.0906. The van der Waals surface area contributed by atoms with E-state index in [0.717, 1.165) is 21.9 Å². The lowest BCUT2D eigenvalue weighted by Crippen LogP contribution is -2.04. The third kappa shape index (κ3) is 3.11. The Labute approximate surface area is 117 Å². The van der Waals surface area contributed by atoms with Crippen LogP contribution in [-0.2, 0) is 6.18 Å². The molecule has 0 spiro atoms. The molecule has 1 unspecified atom stereocenters. The number of benzene rings is 1. The molecule has 0 aliphatic rings. The van der Waals surface area contributed by atoms with Crippen molar-refractivity contribution in [3.63, 3.8) is 0 Å². The molecule has 102 valence electrons. The van der Waals surface area contributed by atoms with Gasteiger partial charge >= 0.3 is 6.18 Å². The van der Waals surface area contributed by atoms with Gasteiger partial charge in [-0.3, -0.25) is 0 Å². The molecule has 1 atom stereocenters. The molecule has 1 aromatic carbocycles.